The predicted molar refractivity (Wildman–Crippen MR) is 196 cm³/mol. The van der Waals surface area contributed by atoms with Gasteiger partial charge in [0.1, 0.15) is 6.10 Å². The van der Waals surface area contributed by atoms with Crippen LogP contribution in [0.1, 0.15) is 194 Å². The minimum Gasteiger partial charge on any atom is -0.462 e. The summed E-state index contributed by atoms with van der Waals surface area (Å²) >= 11 is 0. The number of hydrogen-bond donors (Lipinski definition) is 1. The average molecular weight is 614 g/mol. The molecule has 0 heterocycles. The van der Waals surface area contributed by atoms with Gasteiger partial charge in [0.2, 0.25) is 0 Å². The maximum absolute atomic E-state index is 12.3. The Morgan fingerprint density at radius 1 is 0.500 bits per heavy atom. The molecular weight excluding hydrogens is 538 g/mol. The Hall–Kier alpha value is -1.61. The molecule has 0 saturated heterocycles. The molecule has 0 aromatic rings. The highest BCUT2D eigenvalue weighted by Crippen LogP contribution is 2.18. The Labute approximate surface area is 275 Å². The van der Waals surface area contributed by atoms with Gasteiger partial charge in [0.25, 0.3) is 0 Å². The highest BCUT2D eigenvalue weighted by atomic mass is 16.5. The van der Waals surface area contributed by atoms with Crippen molar-refractivity contribution in [1.29, 1.82) is 0 Å². The van der Waals surface area contributed by atoms with E-state index in [2.05, 4.69) is 62.5 Å². The lowest BCUT2D eigenvalue weighted by Crippen LogP contribution is -2.19. The average Bonchev–Trinajstić information content (AvgIpc) is 3.03. The number of nitrogens with two attached hydrogens (primary N) is 1. The fourth-order valence-corrected chi connectivity index (χ4v) is 5.47. The summed E-state index contributed by atoms with van der Waals surface area (Å²) in [7, 11) is 0. The van der Waals surface area contributed by atoms with E-state index in [1.165, 1.54) is 141 Å². The van der Waals surface area contributed by atoms with Crippen molar-refractivity contribution in [3.05, 3.63) is 48.6 Å². The van der Waals surface area contributed by atoms with E-state index < -0.39 is 0 Å². The van der Waals surface area contributed by atoms with Crippen molar-refractivity contribution in [2.75, 3.05) is 6.54 Å². The second-order valence-electron chi connectivity index (χ2n) is 12.8. The summed E-state index contributed by atoms with van der Waals surface area (Å²) < 4.78 is 5.88. The van der Waals surface area contributed by atoms with Gasteiger partial charge in [-0.05, 0) is 103 Å². The van der Waals surface area contributed by atoms with Gasteiger partial charge in [0.15, 0.2) is 0 Å². The number of allylic oxidation sites excluding steroid dienone is 8. The van der Waals surface area contributed by atoms with Crippen LogP contribution in [0, 0.1) is 0 Å². The monoisotopic (exact) mass is 614 g/mol. The van der Waals surface area contributed by atoms with Crippen LogP contribution in [0.4, 0.5) is 0 Å². The van der Waals surface area contributed by atoms with Gasteiger partial charge < -0.3 is 10.5 Å². The van der Waals surface area contributed by atoms with Crippen LogP contribution >= 0.6 is 0 Å². The molecule has 0 saturated carbocycles. The molecule has 0 amide bonds. The quantitative estimate of drug-likeness (QED) is 0.0446. The maximum atomic E-state index is 12.3. The van der Waals surface area contributed by atoms with Crippen molar-refractivity contribution in [2.45, 2.75) is 200 Å². The van der Waals surface area contributed by atoms with E-state index in [4.69, 9.17) is 10.5 Å². The van der Waals surface area contributed by atoms with Crippen LogP contribution in [0.5, 0.6) is 0 Å². The first-order valence-electron chi connectivity index (χ1n) is 19.2. The van der Waals surface area contributed by atoms with E-state index in [1.54, 1.807) is 0 Å². The minimum absolute atomic E-state index is 0.0551. The standard InChI is InChI=1S/C41H75NO2/c1-3-5-7-9-11-13-15-17-19-21-23-25-27-29-31-33-36-40(44-41(43)38-35-39-42)37-34-32-30-28-26-24-22-20-18-16-14-12-10-8-6-4-2/h11-14,17-20,40H,3-10,15-16,21-39,42H2,1-2H3. The van der Waals surface area contributed by atoms with Gasteiger partial charge >= 0.3 is 5.97 Å². The summed E-state index contributed by atoms with van der Waals surface area (Å²) in [6.45, 7) is 5.07. The number of esters is 1. The van der Waals surface area contributed by atoms with Gasteiger partial charge in [-0.15, -0.1) is 0 Å². The smallest absolute Gasteiger partial charge is 0.306 e. The van der Waals surface area contributed by atoms with Crippen LogP contribution in [0.15, 0.2) is 48.6 Å². The van der Waals surface area contributed by atoms with E-state index in [-0.39, 0.29) is 12.1 Å². The molecule has 0 aromatic carbocycles. The number of hydrogen-bond acceptors (Lipinski definition) is 3. The third kappa shape index (κ3) is 34.9. The molecule has 0 aromatic heterocycles. The summed E-state index contributed by atoms with van der Waals surface area (Å²) in [5.74, 6) is -0.0551. The lowest BCUT2D eigenvalue weighted by atomic mass is 10.0. The zero-order chi connectivity index (χ0) is 32.0. The number of rotatable bonds is 34. The lowest BCUT2D eigenvalue weighted by Gasteiger charge is -2.18. The summed E-state index contributed by atoms with van der Waals surface area (Å²) in [5, 5.41) is 0. The first-order valence-corrected chi connectivity index (χ1v) is 19.2. The zero-order valence-electron chi connectivity index (χ0n) is 29.6. The van der Waals surface area contributed by atoms with E-state index in [9.17, 15) is 4.79 Å². The molecule has 0 spiro atoms. The molecule has 3 nitrogen and oxygen atoms in total. The molecule has 0 bridgehead atoms. The lowest BCUT2D eigenvalue weighted by molar-refractivity contribution is -0.150. The van der Waals surface area contributed by atoms with E-state index in [0.29, 0.717) is 13.0 Å². The summed E-state index contributed by atoms with van der Waals surface area (Å²) in [5.41, 5.74) is 5.59. The van der Waals surface area contributed by atoms with Crippen LogP contribution in [0.3, 0.4) is 0 Å². The molecule has 0 atom stereocenters. The fourth-order valence-electron chi connectivity index (χ4n) is 5.47. The van der Waals surface area contributed by atoms with Gasteiger partial charge in [-0.3, -0.25) is 4.79 Å². The minimum atomic E-state index is -0.0551. The van der Waals surface area contributed by atoms with Crippen LogP contribution < -0.4 is 5.73 Å². The van der Waals surface area contributed by atoms with Crippen molar-refractivity contribution < 1.29 is 9.53 Å². The van der Waals surface area contributed by atoms with Crippen molar-refractivity contribution >= 4 is 5.97 Å². The summed E-state index contributed by atoms with van der Waals surface area (Å²) in [6, 6.07) is 0. The van der Waals surface area contributed by atoms with E-state index in [1.807, 2.05) is 0 Å². The van der Waals surface area contributed by atoms with Crippen LogP contribution in [-0.4, -0.2) is 18.6 Å². The Kier molecular flexibility index (Phi) is 36.2. The number of ether oxygens (including phenoxy) is 1. The van der Waals surface area contributed by atoms with Crippen LogP contribution in [0.2, 0.25) is 0 Å². The second-order valence-corrected chi connectivity index (χ2v) is 12.8. The SMILES string of the molecule is CCCCCC=CCC=CCCCCCCCCC(CCCCCCCCC=CCC=CCCCCC)OC(=O)CCCN. The number of carbonyl (C=O) groups is 1. The predicted octanol–water partition coefficient (Wildman–Crippen LogP) is 13.0. The van der Waals surface area contributed by atoms with E-state index in [0.717, 1.165) is 32.1 Å². The first-order chi connectivity index (χ1) is 21.7. The third-order valence-corrected chi connectivity index (χ3v) is 8.34. The highest BCUT2D eigenvalue weighted by Gasteiger charge is 2.14. The van der Waals surface area contributed by atoms with Crippen molar-refractivity contribution in [2.24, 2.45) is 5.73 Å². The Morgan fingerprint density at radius 2 is 0.864 bits per heavy atom. The largest absolute Gasteiger partial charge is 0.462 e. The van der Waals surface area contributed by atoms with Gasteiger partial charge in [0.05, 0.1) is 0 Å². The molecule has 0 aliphatic heterocycles. The molecule has 0 unspecified atom stereocenters. The Morgan fingerprint density at radius 3 is 1.25 bits per heavy atom. The van der Waals surface area contributed by atoms with Crippen molar-refractivity contribution in [3.8, 4) is 0 Å². The maximum Gasteiger partial charge on any atom is 0.306 e. The molecule has 2 N–H and O–H groups in total. The first kappa shape index (κ1) is 42.4. The summed E-state index contributed by atoms with van der Waals surface area (Å²) in [6.07, 6.45) is 52.3. The molecular formula is C41H75NO2. The van der Waals surface area contributed by atoms with Crippen LogP contribution in [-0.2, 0) is 9.53 Å². The number of carbonyl (C=O) groups excluding carboxylic acids is 1. The van der Waals surface area contributed by atoms with E-state index >= 15 is 0 Å². The molecule has 0 fully saturated rings. The number of unbranched alkanes of at least 4 members (excludes halogenated alkanes) is 18. The van der Waals surface area contributed by atoms with Crippen molar-refractivity contribution in [1.82, 2.24) is 0 Å². The van der Waals surface area contributed by atoms with Crippen molar-refractivity contribution in [3.63, 3.8) is 0 Å². The summed E-state index contributed by atoms with van der Waals surface area (Å²) in [4.78, 5) is 12.3. The highest BCUT2D eigenvalue weighted by molar-refractivity contribution is 5.69. The van der Waals surface area contributed by atoms with Gasteiger partial charge in [-0.2, -0.15) is 0 Å². The second kappa shape index (κ2) is 37.6. The third-order valence-electron chi connectivity index (χ3n) is 8.34. The molecule has 0 radical (unpaired) electrons. The Bertz CT molecular complexity index is 645. The van der Waals surface area contributed by atoms with Crippen LogP contribution in [0.25, 0.3) is 0 Å². The normalized spacial score (nSPS) is 12.9. The topological polar surface area (TPSA) is 52.3 Å². The van der Waals surface area contributed by atoms with Gasteiger partial charge in [-0.1, -0.05) is 140 Å². The van der Waals surface area contributed by atoms with Gasteiger partial charge in [0, 0.05) is 6.42 Å². The molecule has 0 rings (SSSR count). The molecule has 44 heavy (non-hydrogen) atoms. The molecule has 3 heteroatoms. The molecule has 256 valence electrons. The fraction of sp³-hybridized carbons (Fsp3) is 0.780. The Balaban J connectivity index is 3.88. The zero-order valence-corrected chi connectivity index (χ0v) is 29.6. The molecule has 0 aliphatic rings. The van der Waals surface area contributed by atoms with Gasteiger partial charge in [-0.25, -0.2) is 0 Å². The molecule has 0 aliphatic carbocycles.